The number of hydrogen-bond donors (Lipinski definition) is 0. The molecule has 19 heavy (non-hydrogen) atoms. The van der Waals surface area contributed by atoms with Gasteiger partial charge in [-0.1, -0.05) is 13.8 Å². The second kappa shape index (κ2) is 5.72. The number of ether oxygens (including phenoxy) is 1. The van der Waals surface area contributed by atoms with Crippen LogP contribution in [-0.2, 0) is 14.3 Å². The van der Waals surface area contributed by atoms with Gasteiger partial charge in [0.25, 0.3) is 0 Å². The average molecular weight is 264 g/mol. The van der Waals surface area contributed by atoms with Gasteiger partial charge >= 0.3 is 5.97 Å². The minimum absolute atomic E-state index is 0.0107. The van der Waals surface area contributed by atoms with Crippen molar-refractivity contribution in [3.8, 4) is 0 Å². The molecule has 1 aliphatic carbocycles. The lowest BCUT2D eigenvalue weighted by molar-refractivity contribution is -0.145. The predicted octanol–water partition coefficient (Wildman–Crippen LogP) is 3.59. The van der Waals surface area contributed by atoms with Crippen LogP contribution < -0.4 is 0 Å². The van der Waals surface area contributed by atoms with Crippen LogP contribution >= 0.6 is 0 Å². The number of allylic oxidation sites excluding steroid dienone is 3. The van der Waals surface area contributed by atoms with E-state index in [0.717, 1.165) is 29.6 Å². The standard InChI is InChI=1S/C16H24O3/c1-10(9-11(2)17)15-12(3)14(19-13(4)18)7-8-16(15,5)6/h9,14H,7-8H2,1-6H3/b10-9+. The van der Waals surface area contributed by atoms with E-state index in [1.165, 1.54) is 6.92 Å². The van der Waals surface area contributed by atoms with Gasteiger partial charge in [0.05, 0.1) is 0 Å². The molecule has 0 radical (unpaired) electrons. The van der Waals surface area contributed by atoms with Crippen LogP contribution in [0.3, 0.4) is 0 Å². The highest BCUT2D eigenvalue weighted by Gasteiger charge is 2.35. The molecule has 0 N–H and O–H groups in total. The van der Waals surface area contributed by atoms with Crippen molar-refractivity contribution < 1.29 is 14.3 Å². The van der Waals surface area contributed by atoms with Crippen LogP contribution in [0, 0.1) is 5.41 Å². The van der Waals surface area contributed by atoms with Crippen molar-refractivity contribution in [2.75, 3.05) is 0 Å². The Bertz CT molecular complexity index is 453. The van der Waals surface area contributed by atoms with Crippen LogP contribution in [-0.4, -0.2) is 17.9 Å². The van der Waals surface area contributed by atoms with E-state index in [0.29, 0.717) is 0 Å². The first kappa shape index (κ1) is 15.7. The largest absolute Gasteiger partial charge is 0.458 e. The van der Waals surface area contributed by atoms with E-state index < -0.39 is 0 Å². The summed E-state index contributed by atoms with van der Waals surface area (Å²) in [6.45, 7) is 11.3. The highest BCUT2D eigenvalue weighted by Crippen LogP contribution is 2.44. The normalized spacial score (nSPS) is 23.3. The predicted molar refractivity (Wildman–Crippen MR) is 75.7 cm³/mol. The molecule has 0 saturated heterocycles. The third kappa shape index (κ3) is 3.79. The number of hydrogen-bond acceptors (Lipinski definition) is 3. The van der Waals surface area contributed by atoms with Gasteiger partial charge in [-0.2, -0.15) is 0 Å². The van der Waals surface area contributed by atoms with Gasteiger partial charge in [0.2, 0.25) is 0 Å². The third-order valence-electron chi connectivity index (χ3n) is 3.71. The van der Waals surface area contributed by atoms with Crippen molar-refractivity contribution >= 4 is 11.8 Å². The molecule has 106 valence electrons. The first-order valence-electron chi connectivity index (χ1n) is 6.73. The maximum absolute atomic E-state index is 11.3. The average Bonchev–Trinajstić information content (AvgIpc) is 2.20. The summed E-state index contributed by atoms with van der Waals surface area (Å²) < 4.78 is 5.37. The Morgan fingerprint density at radius 1 is 1.26 bits per heavy atom. The van der Waals surface area contributed by atoms with E-state index in [2.05, 4.69) is 13.8 Å². The summed E-state index contributed by atoms with van der Waals surface area (Å²) in [5.74, 6) is -0.209. The smallest absolute Gasteiger partial charge is 0.303 e. The van der Waals surface area contributed by atoms with Crippen molar-refractivity contribution in [3.05, 3.63) is 22.8 Å². The zero-order chi connectivity index (χ0) is 14.8. The summed E-state index contributed by atoms with van der Waals surface area (Å²) in [6.07, 6.45) is 3.29. The highest BCUT2D eigenvalue weighted by molar-refractivity contribution is 5.88. The molecule has 0 amide bonds. The van der Waals surface area contributed by atoms with Crippen LogP contribution in [0.2, 0.25) is 0 Å². The van der Waals surface area contributed by atoms with Crippen LogP contribution in [0.15, 0.2) is 22.8 Å². The van der Waals surface area contributed by atoms with Crippen molar-refractivity contribution in [1.29, 1.82) is 0 Å². The van der Waals surface area contributed by atoms with Crippen molar-refractivity contribution in [3.63, 3.8) is 0 Å². The lowest BCUT2D eigenvalue weighted by atomic mass is 9.69. The van der Waals surface area contributed by atoms with E-state index in [-0.39, 0.29) is 23.3 Å². The SMILES string of the molecule is CC(=O)/C=C(\C)C1=C(C)C(OC(C)=O)CCC1(C)C. The van der Waals surface area contributed by atoms with E-state index in [4.69, 9.17) is 4.74 Å². The Hall–Kier alpha value is -1.38. The molecule has 1 unspecified atom stereocenters. The molecule has 0 saturated carbocycles. The molecule has 0 bridgehead atoms. The quantitative estimate of drug-likeness (QED) is 0.578. The van der Waals surface area contributed by atoms with Gasteiger partial charge < -0.3 is 4.74 Å². The van der Waals surface area contributed by atoms with Crippen LogP contribution in [0.4, 0.5) is 0 Å². The summed E-state index contributed by atoms with van der Waals surface area (Å²) in [5.41, 5.74) is 3.21. The van der Waals surface area contributed by atoms with Gasteiger partial charge in [-0.05, 0) is 61.8 Å². The third-order valence-corrected chi connectivity index (χ3v) is 3.71. The van der Waals surface area contributed by atoms with E-state index in [9.17, 15) is 9.59 Å². The molecule has 3 nitrogen and oxygen atoms in total. The molecule has 0 aromatic heterocycles. The van der Waals surface area contributed by atoms with Gasteiger partial charge in [-0.25, -0.2) is 0 Å². The van der Waals surface area contributed by atoms with Gasteiger partial charge in [-0.3, -0.25) is 9.59 Å². The Morgan fingerprint density at radius 3 is 2.32 bits per heavy atom. The molecule has 0 aliphatic heterocycles. The maximum atomic E-state index is 11.3. The Balaban J connectivity index is 3.24. The molecule has 0 fully saturated rings. The molecule has 1 aliphatic rings. The van der Waals surface area contributed by atoms with Crippen LogP contribution in [0.1, 0.15) is 54.4 Å². The number of carbonyl (C=O) groups excluding carboxylic acids is 2. The first-order valence-corrected chi connectivity index (χ1v) is 6.73. The Kier molecular flexibility index (Phi) is 4.72. The zero-order valence-corrected chi connectivity index (χ0v) is 12.8. The lowest BCUT2D eigenvalue weighted by Crippen LogP contribution is -2.31. The van der Waals surface area contributed by atoms with Crippen LogP contribution in [0.5, 0.6) is 0 Å². The van der Waals surface area contributed by atoms with Crippen molar-refractivity contribution in [2.45, 2.75) is 60.5 Å². The zero-order valence-electron chi connectivity index (χ0n) is 12.8. The van der Waals surface area contributed by atoms with Gasteiger partial charge in [0.15, 0.2) is 5.78 Å². The Labute approximate surface area is 115 Å². The number of esters is 1. The fourth-order valence-corrected chi connectivity index (χ4v) is 3.10. The van der Waals surface area contributed by atoms with E-state index >= 15 is 0 Å². The molecular formula is C16H24O3. The van der Waals surface area contributed by atoms with Crippen LogP contribution in [0.25, 0.3) is 0 Å². The van der Waals surface area contributed by atoms with Gasteiger partial charge in [-0.15, -0.1) is 0 Å². The highest BCUT2D eigenvalue weighted by atomic mass is 16.5. The number of carbonyl (C=O) groups is 2. The van der Waals surface area contributed by atoms with Crippen molar-refractivity contribution in [1.82, 2.24) is 0 Å². The van der Waals surface area contributed by atoms with Crippen molar-refractivity contribution in [2.24, 2.45) is 5.41 Å². The van der Waals surface area contributed by atoms with Gasteiger partial charge in [0.1, 0.15) is 6.10 Å². The maximum Gasteiger partial charge on any atom is 0.303 e. The summed E-state index contributed by atoms with van der Waals surface area (Å²) in [4.78, 5) is 22.4. The molecule has 0 aromatic carbocycles. The molecule has 0 aromatic rings. The topological polar surface area (TPSA) is 43.4 Å². The summed E-state index contributed by atoms with van der Waals surface area (Å²) in [7, 11) is 0. The molecule has 1 rings (SSSR count). The number of rotatable bonds is 3. The molecule has 0 spiro atoms. The Morgan fingerprint density at radius 2 is 1.84 bits per heavy atom. The first-order chi connectivity index (χ1) is 8.65. The fourth-order valence-electron chi connectivity index (χ4n) is 3.10. The lowest BCUT2D eigenvalue weighted by Gasteiger charge is -2.38. The summed E-state index contributed by atoms with van der Waals surface area (Å²) in [6, 6.07) is 0. The minimum atomic E-state index is -0.253. The molecular weight excluding hydrogens is 240 g/mol. The minimum Gasteiger partial charge on any atom is -0.458 e. The van der Waals surface area contributed by atoms with E-state index in [1.807, 2.05) is 13.8 Å². The fraction of sp³-hybridized carbons (Fsp3) is 0.625. The summed E-state index contributed by atoms with van der Waals surface area (Å²) >= 11 is 0. The summed E-state index contributed by atoms with van der Waals surface area (Å²) in [5, 5.41) is 0. The molecule has 0 heterocycles. The van der Waals surface area contributed by atoms with Gasteiger partial charge in [0, 0.05) is 6.92 Å². The molecule has 3 heteroatoms. The number of ketones is 1. The monoisotopic (exact) mass is 264 g/mol. The second-order valence-electron chi connectivity index (χ2n) is 6.02. The van der Waals surface area contributed by atoms with E-state index in [1.54, 1.807) is 13.0 Å². The second-order valence-corrected chi connectivity index (χ2v) is 6.02. The molecule has 1 atom stereocenters.